The molecular formula is C14H22N2O2. The molecule has 1 N–H and O–H groups in total. The molecule has 0 radical (unpaired) electrons. The Morgan fingerprint density at radius 1 is 1.44 bits per heavy atom. The molecule has 0 saturated carbocycles. The van der Waals surface area contributed by atoms with Crippen molar-refractivity contribution in [1.82, 2.24) is 9.47 Å². The van der Waals surface area contributed by atoms with Crippen molar-refractivity contribution in [2.75, 3.05) is 19.7 Å². The van der Waals surface area contributed by atoms with Gasteiger partial charge in [-0.2, -0.15) is 0 Å². The number of aryl methyl sites for hydroxylation is 1. The zero-order chi connectivity index (χ0) is 13.0. The lowest BCUT2D eigenvalue weighted by atomic mass is 9.98. The topological polar surface area (TPSA) is 45.5 Å². The molecule has 1 fully saturated rings. The molecule has 1 aromatic rings. The van der Waals surface area contributed by atoms with Gasteiger partial charge in [-0.25, -0.2) is 0 Å². The number of aliphatic hydroxyl groups excluding tert-OH is 1. The summed E-state index contributed by atoms with van der Waals surface area (Å²) < 4.78 is 2.03. The first-order valence-corrected chi connectivity index (χ1v) is 6.81. The van der Waals surface area contributed by atoms with Crippen LogP contribution in [0.4, 0.5) is 0 Å². The van der Waals surface area contributed by atoms with Crippen molar-refractivity contribution >= 4 is 5.91 Å². The van der Waals surface area contributed by atoms with Gasteiger partial charge in [-0.3, -0.25) is 4.79 Å². The minimum atomic E-state index is 0.129. The van der Waals surface area contributed by atoms with Gasteiger partial charge in [0.1, 0.15) is 5.69 Å². The highest BCUT2D eigenvalue weighted by molar-refractivity contribution is 5.92. The third-order valence-corrected chi connectivity index (χ3v) is 3.67. The van der Waals surface area contributed by atoms with E-state index >= 15 is 0 Å². The smallest absolute Gasteiger partial charge is 0.270 e. The van der Waals surface area contributed by atoms with Crippen molar-refractivity contribution in [1.29, 1.82) is 0 Å². The maximum absolute atomic E-state index is 12.4. The first-order valence-electron chi connectivity index (χ1n) is 6.81. The molecule has 4 nitrogen and oxygen atoms in total. The molecule has 1 aliphatic heterocycles. The molecule has 1 amide bonds. The molecule has 1 aromatic heterocycles. The molecule has 0 spiro atoms. The van der Waals surface area contributed by atoms with Crippen molar-refractivity contribution in [3.63, 3.8) is 0 Å². The van der Waals surface area contributed by atoms with Gasteiger partial charge in [0.2, 0.25) is 0 Å². The van der Waals surface area contributed by atoms with Gasteiger partial charge < -0.3 is 14.6 Å². The molecule has 100 valence electrons. The van der Waals surface area contributed by atoms with Crippen LogP contribution in [0.5, 0.6) is 0 Å². The highest BCUT2D eigenvalue weighted by atomic mass is 16.3. The molecule has 0 bridgehead atoms. The minimum Gasteiger partial charge on any atom is -0.396 e. The number of carbonyl (C=O) groups excluding carboxylic acids is 1. The van der Waals surface area contributed by atoms with Gasteiger partial charge in [-0.05, 0) is 37.3 Å². The Kier molecular flexibility index (Phi) is 4.42. The van der Waals surface area contributed by atoms with Gasteiger partial charge in [0, 0.05) is 32.4 Å². The van der Waals surface area contributed by atoms with E-state index in [0.717, 1.165) is 44.6 Å². The number of aromatic nitrogens is 1. The summed E-state index contributed by atoms with van der Waals surface area (Å²) in [5, 5.41) is 9.11. The number of rotatable bonds is 4. The van der Waals surface area contributed by atoms with Gasteiger partial charge in [0.15, 0.2) is 0 Å². The van der Waals surface area contributed by atoms with Crippen LogP contribution in [0.25, 0.3) is 0 Å². The molecule has 0 unspecified atom stereocenters. The zero-order valence-corrected chi connectivity index (χ0v) is 11.0. The molecule has 1 aliphatic rings. The van der Waals surface area contributed by atoms with E-state index in [2.05, 4.69) is 6.92 Å². The van der Waals surface area contributed by atoms with Crippen molar-refractivity contribution in [3.8, 4) is 0 Å². The number of nitrogens with zero attached hydrogens (tertiary/aromatic N) is 2. The van der Waals surface area contributed by atoms with Crippen LogP contribution in [-0.2, 0) is 6.54 Å². The van der Waals surface area contributed by atoms with E-state index in [0.29, 0.717) is 5.92 Å². The minimum absolute atomic E-state index is 0.129. The number of aliphatic hydroxyl groups is 1. The fourth-order valence-electron chi connectivity index (χ4n) is 2.52. The van der Waals surface area contributed by atoms with E-state index in [-0.39, 0.29) is 12.5 Å². The summed E-state index contributed by atoms with van der Waals surface area (Å²) >= 11 is 0. The number of amides is 1. The number of piperidine rings is 1. The predicted octanol–water partition coefficient (Wildman–Crippen LogP) is 1.74. The Morgan fingerprint density at radius 2 is 2.17 bits per heavy atom. The highest BCUT2D eigenvalue weighted by Gasteiger charge is 2.24. The van der Waals surface area contributed by atoms with Crippen LogP contribution in [0, 0.1) is 5.92 Å². The lowest BCUT2D eigenvalue weighted by Gasteiger charge is -2.31. The summed E-state index contributed by atoms with van der Waals surface area (Å²) in [6, 6.07) is 3.83. The Morgan fingerprint density at radius 3 is 2.78 bits per heavy atom. The Labute approximate surface area is 108 Å². The third-order valence-electron chi connectivity index (χ3n) is 3.67. The van der Waals surface area contributed by atoms with E-state index < -0.39 is 0 Å². The summed E-state index contributed by atoms with van der Waals surface area (Å²) in [6.07, 6.45) is 4.83. The van der Waals surface area contributed by atoms with Crippen molar-refractivity contribution in [3.05, 3.63) is 24.0 Å². The third kappa shape index (κ3) is 2.75. The Bertz CT molecular complexity index is 392. The van der Waals surface area contributed by atoms with Gasteiger partial charge in [0.25, 0.3) is 5.91 Å². The molecule has 1 saturated heterocycles. The lowest BCUT2D eigenvalue weighted by molar-refractivity contribution is 0.0640. The summed E-state index contributed by atoms with van der Waals surface area (Å²) in [5.74, 6) is 0.501. The van der Waals surface area contributed by atoms with E-state index in [1.165, 1.54) is 0 Å². The summed E-state index contributed by atoms with van der Waals surface area (Å²) in [4.78, 5) is 14.3. The number of hydrogen-bond donors (Lipinski definition) is 1. The van der Waals surface area contributed by atoms with Crippen molar-refractivity contribution in [2.45, 2.75) is 32.7 Å². The normalized spacial score (nSPS) is 17.1. The highest BCUT2D eigenvalue weighted by Crippen LogP contribution is 2.18. The van der Waals surface area contributed by atoms with Crippen LogP contribution in [0.1, 0.15) is 36.7 Å². The average molecular weight is 250 g/mol. The second kappa shape index (κ2) is 6.05. The molecule has 0 aliphatic carbocycles. The van der Waals surface area contributed by atoms with Gasteiger partial charge >= 0.3 is 0 Å². The second-order valence-electron chi connectivity index (χ2n) is 5.00. The maximum atomic E-state index is 12.4. The molecule has 2 rings (SSSR count). The second-order valence-corrected chi connectivity index (χ2v) is 5.00. The van der Waals surface area contributed by atoms with Crippen molar-refractivity contribution < 1.29 is 9.90 Å². The van der Waals surface area contributed by atoms with E-state index in [9.17, 15) is 4.79 Å². The fourth-order valence-corrected chi connectivity index (χ4v) is 2.52. The maximum Gasteiger partial charge on any atom is 0.270 e. The average Bonchev–Trinajstić information content (AvgIpc) is 2.87. The quantitative estimate of drug-likeness (QED) is 0.884. The summed E-state index contributed by atoms with van der Waals surface area (Å²) in [5.41, 5.74) is 0.791. The number of carbonyl (C=O) groups is 1. The molecule has 0 atom stereocenters. The monoisotopic (exact) mass is 250 g/mol. The van der Waals surface area contributed by atoms with Crippen LogP contribution in [0.15, 0.2) is 18.3 Å². The van der Waals surface area contributed by atoms with Gasteiger partial charge in [-0.1, -0.05) is 6.92 Å². The Hall–Kier alpha value is -1.29. The molecule has 0 aromatic carbocycles. The predicted molar refractivity (Wildman–Crippen MR) is 70.4 cm³/mol. The first kappa shape index (κ1) is 13.1. The van der Waals surface area contributed by atoms with Crippen LogP contribution < -0.4 is 0 Å². The lowest BCUT2D eigenvalue weighted by Crippen LogP contribution is -2.40. The van der Waals surface area contributed by atoms with E-state index in [1.54, 1.807) is 0 Å². The standard InChI is InChI=1S/C14H22N2O2/c1-2-7-15-8-3-4-13(15)14(18)16-9-5-12(11-17)6-10-16/h3-4,8,12,17H,2,5-7,9-11H2,1H3. The molecule has 4 heteroatoms. The van der Waals surface area contributed by atoms with Crippen molar-refractivity contribution in [2.24, 2.45) is 5.92 Å². The zero-order valence-electron chi connectivity index (χ0n) is 11.0. The molecule has 18 heavy (non-hydrogen) atoms. The van der Waals surface area contributed by atoms with E-state index in [1.807, 2.05) is 27.8 Å². The van der Waals surface area contributed by atoms with Crippen LogP contribution in [0.2, 0.25) is 0 Å². The SMILES string of the molecule is CCCn1cccc1C(=O)N1CCC(CO)CC1. The van der Waals surface area contributed by atoms with Crippen LogP contribution in [0.3, 0.4) is 0 Å². The van der Waals surface area contributed by atoms with Gasteiger partial charge in [0.05, 0.1) is 0 Å². The summed E-state index contributed by atoms with van der Waals surface area (Å²) in [7, 11) is 0. The largest absolute Gasteiger partial charge is 0.396 e. The molecular weight excluding hydrogens is 228 g/mol. The Balaban J connectivity index is 2.01. The van der Waals surface area contributed by atoms with E-state index in [4.69, 9.17) is 5.11 Å². The van der Waals surface area contributed by atoms with Crippen LogP contribution in [-0.4, -0.2) is 40.2 Å². The number of likely N-dealkylation sites (tertiary alicyclic amines) is 1. The fraction of sp³-hybridized carbons (Fsp3) is 0.643. The molecule has 2 heterocycles. The van der Waals surface area contributed by atoms with Crippen LogP contribution >= 0.6 is 0 Å². The van der Waals surface area contributed by atoms with Gasteiger partial charge in [-0.15, -0.1) is 0 Å². The number of hydrogen-bond acceptors (Lipinski definition) is 2. The summed E-state index contributed by atoms with van der Waals surface area (Å²) in [6.45, 7) is 4.78. The first-order chi connectivity index (χ1) is 8.76.